The number of esters is 1. The highest BCUT2D eigenvalue weighted by atomic mass is 16.6. The van der Waals surface area contributed by atoms with Crippen molar-refractivity contribution < 1.29 is 19.1 Å². The Bertz CT molecular complexity index is 337. The first-order valence-corrected chi connectivity index (χ1v) is 7.54. The van der Waals surface area contributed by atoms with Crippen LogP contribution in [0.5, 0.6) is 0 Å². The summed E-state index contributed by atoms with van der Waals surface area (Å²) in [5.74, 6) is -0.196. The molecule has 0 heterocycles. The molecule has 1 saturated carbocycles. The maximum Gasteiger partial charge on any atom is 0.309 e. The van der Waals surface area contributed by atoms with Crippen LogP contribution in [0.15, 0.2) is 0 Å². The zero-order valence-corrected chi connectivity index (χ0v) is 13.4. The van der Waals surface area contributed by atoms with Crippen molar-refractivity contribution >= 4 is 12.4 Å². The molecule has 116 valence electrons. The maximum absolute atomic E-state index is 12.0. The molecule has 1 aliphatic rings. The molecule has 20 heavy (non-hydrogen) atoms. The SMILES string of the molecule is CC(CC(C)C1(OC=O)CCCC1)C(=O)OC(C)(C)C. The number of hydrogen-bond donors (Lipinski definition) is 0. The Morgan fingerprint density at radius 2 is 1.80 bits per heavy atom. The van der Waals surface area contributed by atoms with E-state index in [-0.39, 0.29) is 23.4 Å². The number of carbonyl (C=O) groups excluding carboxylic acids is 2. The molecule has 0 bridgehead atoms. The third-order valence-corrected chi connectivity index (χ3v) is 4.15. The summed E-state index contributed by atoms with van der Waals surface area (Å²) >= 11 is 0. The largest absolute Gasteiger partial charge is 0.461 e. The van der Waals surface area contributed by atoms with Crippen LogP contribution in [0.2, 0.25) is 0 Å². The van der Waals surface area contributed by atoms with Gasteiger partial charge < -0.3 is 9.47 Å². The predicted octanol–water partition coefficient (Wildman–Crippen LogP) is 3.48. The zero-order chi connectivity index (χ0) is 15.4. The summed E-state index contributed by atoms with van der Waals surface area (Å²) in [6.07, 6.45) is 4.64. The second-order valence-electron chi connectivity index (χ2n) is 7.06. The van der Waals surface area contributed by atoms with Gasteiger partial charge in [0.15, 0.2) is 0 Å². The molecule has 0 aliphatic heterocycles. The van der Waals surface area contributed by atoms with E-state index in [0.717, 1.165) is 25.7 Å². The van der Waals surface area contributed by atoms with E-state index in [2.05, 4.69) is 6.92 Å². The van der Waals surface area contributed by atoms with Crippen molar-refractivity contribution in [1.29, 1.82) is 0 Å². The molecule has 0 amide bonds. The summed E-state index contributed by atoms with van der Waals surface area (Å²) < 4.78 is 10.8. The fourth-order valence-corrected chi connectivity index (χ4v) is 3.04. The Hall–Kier alpha value is -1.06. The van der Waals surface area contributed by atoms with Crippen LogP contribution >= 0.6 is 0 Å². The minimum atomic E-state index is -0.459. The molecule has 4 nitrogen and oxygen atoms in total. The number of ether oxygens (including phenoxy) is 2. The summed E-state index contributed by atoms with van der Waals surface area (Å²) in [6.45, 7) is 10.1. The van der Waals surface area contributed by atoms with Gasteiger partial charge in [0.25, 0.3) is 6.47 Å². The molecule has 1 rings (SSSR count). The van der Waals surface area contributed by atoms with E-state index in [1.54, 1.807) is 0 Å². The van der Waals surface area contributed by atoms with Crippen molar-refractivity contribution in [3.63, 3.8) is 0 Å². The van der Waals surface area contributed by atoms with Crippen LogP contribution < -0.4 is 0 Å². The molecule has 0 aromatic carbocycles. The van der Waals surface area contributed by atoms with Gasteiger partial charge in [-0.15, -0.1) is 0 Å². The van der Waals surface area contributed by atoms with Gasteiger partial charge in [0.2, 0.25) is 0 Å². The van der Waals surface area contributed by atoms with Crippen molar-refractivity contribution in [2.24, 2.45) is 11.8 Å². The van der Waals surface area contributed by atoms with Gasteiger partial charge in [-0.25, -0.2) is 0 Å². The van der Waals surface area contributed by atoms with Crippen molar-refractivity contribution in [2.45, 2.75) is 77.9 Å². The number of carbonyl (C=O) groups is 2. The molecule has 1 fully saturated rings. The number of hydrogen-bond acceptors (Lipinski definition) is 4. The van der Waals surface area contributed by atoms with Gasteiger partial charge >= 0.3 is 5.97 Å². The smallest absolute Gasteiger partial charge is 0.309 e. The van der Waals surface area contributed by atoms with Gasteiger partial charge in [-0.05, 0) is 58.8 Å². The van der Waals surface area contributed by atoms with E-state index in [4.69, 9.17) is 9.47 Å². The van der Waals surface area contributed by atoms with Crippen LogP contribution in [0.1, 0.15) is 66.7 Å². The lowest BCUT2D eigenvalue weighted by molar-refractivity contribution is -0.161. The molecule has 0 aromatic heterocycles. The van der Waals surface area contributed by atoms with Crippen LogP contribution in [0.25, 0.3) is 0 Å². The molecule has 1 aliphatic carbocycles. The highest BCUT2D eigenvalue weighted by Gasteiger charge is 2.42. The Morgan fingerprint density at radius 3 is 2.25 bits per heavy atom. The van der Waals surface area contributed by atoms with E-state index in [0.29, 0.717) is 12.9 Å². The zero-order valence-electron chi connectivity index (χ0n) is 13.4. The van der Waals surface area contributed by atoms with Gasteiger partial charge in [0, 0.05) is 0 Å². The lowest BCUT2D eigenvalue weighted by Gasteiger charge is -2.35. The van der Waals surface area contributed by atoms with Crippen LogP contribution in [0.3, 0.4) is 0 Å². The van der Waals surface area contributed by atoms with Crippen molar-refractivity contribution in [2.75, 3.05) is 0 Å². The summed E-state index contributed by atoms with van der Waals surface area (Å²) in [6, 6.07) is 0. The van der Waals surface area contributed by atoms with Gasteiger partial charge in [0.1, 0.15) is 11.2 Å². The van der Waals surface area contributed by atoms with E-state index in [9.17, 15) is 9.59 Å². The average Bonchev–Trinajstić information content (AvgIpc) is 2.77. The predicted molar refractivity (Wildman–Crippen MR) is 77.1 cm³/mol. The van der Waals surface area contributed by atoms with Crippen LogP contribution in [-0.4, -0.2) is 23.6 Å². The summed E-state index contributed by atoms with van der Waals surface area (Å²) in [4.78, 5) is 22.8. The van der Waals surface area contributed by atoms with Crippen LogP contribution in [-0.2, 0) is 19.1 Å². The highest BCUT2D eigenvalue weighted by molar-refractivity contribution is 5.72. The second kappa shape index (κ2) is 6.59. The minimum absolute atomic E-state index is 0.165. The van der Waals surface area contributed by atoms with Crippen molar-refractivity contribution in [3.8, 4) is 0 Å². The standard InChI is InChI=1S/C16H28O4/c1-12(14(18)20-15(3,4)5)10-13(2)16(19-11-17)8-6-7-9-16/h11-13H,6-10H2,1-5H3. The minimum Gasteiger partial charge on any atom is -0.461 e. The molecule has 0 aromatic rings. The first kappa shape index (κ1) is 17.0. The monoisotopic (exact) mass is 284 g/mol. The first-order valence-electron chi connectivity index (χ1n) is 7.54. The summed E-state index contributed by atoms with van der Waals surface area (Å²) in [5.41, 5.74) is -0.836. The van der Waals surface area contributed by atoms with Gasteiger partial charge in [-0.1, -0.05) is 13.8 Å². The number of rotatable bonds is 6. The second-order valence-corrected chi connectivity index (χ2v) is 7.06. The Balaban J connectivity index is 2.61. The third-order valence-electron chi connectivity index (χ3n) is 4.15. The van der Waals surface area contributed by atoms with Gasteiger partial charge in [-0.2, -0.15) is 0 Å². The third kappa shape index (κ3) is 4.50. The average molecular weight is 284 g/mol. The molecular weight excluding hydrogens is 256 g/mol. The lowest BCUT2D eigenvalue weighted by atomic mass is 9.81. The van der Waals surface area contributed by atoms with Crippen LogP contribution in [0, 0.1) is 11.8 Å². The maximum atomic E-state index is 12.0. The van der Waals surface area contributed by atoms with E-state index >= 15 is 0 Å². The molecule has 0 radical (unpaired) electrons. The van der Waals surface area contributed by atoms with Crippen molar-refractivity contribution in [3.05, 3.63) is 0 Å². The van der Waals surface area contributed by atoms with E-state index < -0.39 is 5.60 Å². The fourth-order valence-electron chi connectivity index (χ4n) is 3.04. The normalized spacial score (nSPS) is 21.1. The first-order chi connectivity index (χ1) is 9.20. The van der Waals surface area contributed by atoms with Gasteiger partial charge in [-0.3, -0.25) is 9.59 Å². The van der Waals surface area contributed by atoms with E-state index in [1.165, 1.54) is 0 Å². The molecule has 4 heteroatoms. The summed E-state index contributed by atoms with van der Waals surface area (Å²) in [7, 11) is 0. The van der Waals surface area contributed by atoms with Crippen LogP contribution in [0.4, 0.5) is 0 Å². The molecule has 2 atom stereocenters. The molecule has 0 saturated heterocycles. The molecular formula is C16H28O4. The summed E-state index contributed by atoms with van der Waals surface area (Å²) in [5, 5.41) is 0. The quantitative estimate of drug-likeness (QED) is 0.553. The lowest BCUT2D eigenvalue weighted by Crippen LogP contribution is -2.38. The molecule has 0 spiro atoms. The van der Waals surface area contributed by atoms with Crippen molar-refractivity contribution in [1.82, 2.24) is 0 Å². The molecule has 0 N–H and O–H groups in total. The Morgan fingerprint density at radius 1 is 1.25 bits per heavy atom. The Labute approximate surface area is 122 Å². The van der Waals surface area contributed by atoms with Gasteiger partial charge in [0.05, 0.1) is 5.92 Å². The van der Waals surface area contributed by atoms with E-state index in [1.807, 2.05) is 27.7 Å². The Kier molecular flexibility index (Phi) is 5.60. The topological polar surface area (TPSA) is 52.6 Å². The fraction of sp³-hybridized carbons (Fsp3) is 0.875. The highest BCUT2D eigenvalue weighted by Crippen LogP contribution is 2.41. The molecule has 2 unspecified atom stereocenters.